The van der Waals surface area contributed by atoms with Crippen molar-refractivity contribution in [3.05, 3.63) is 34.9 Å². The van der Waals surface area contributed by atoms with E-state index in [2.05, 4.69) is 11.8 Å². The zero-order valence-corrected chi connectivity index (χ0v) is 31.9. The molecule has 1 aromatic carbocycles. The molecule has 5 rings (SSSR count). The van der Waals surface area contributed by atoms with Crippen LogP contribution in [-0.4, -0.2) is 94.8 Å². The molecule has 276 valence electrons. The van der Waals surface area contributed by atoms with Gasteiger partial charge in [0.1, 0.15) is 23.7 Å². The van der Waals surface area contributed by atoms with Gasteiger partial charge in [0.15, 0.2) is 17.9 Å². The Morgan fingerprint density at radius 2 is 1.67 bits per heavy atom. The third kappa shape index (κ3) is 7.63. The highest BCUT2D eigenvalue weighted by molar-refractivity contribution is 6.30. The minimum Gasteiger partial charge on any atom is -0.458 e. The third-order valence-corrected chi connectivity index (χ3v) is 11.7. The number of likely N-dealkylation sites (N-methyl/N-ethyl adjacent to an activating group) is 1. The van der Waals surface area contributed by atoms with Gasteiger partial charge in [0.05, 0.1) is 30.0 Å². The van der Waals surface area contributed by atoms with Crippen LogP contribution in [-0.2, 0) is 44.6 Å². The third-order valence-electron chi connectivity index (χ3n) is 11.5. The van der Waals surface area contributed by atoms with Gasteiger partial charge in [-0.15, -0.1) is 0 Å². The minimum absolute atomic E-state index is 0.0276. The predicted octanol–water partition coefficient (Wildman–Crippen LogP) is 5.93. The van der Waals surface area contributed by atoms with E-state index < -0.39 is 59.4 Å². The van der Waals surface area contributed by atoms with Gasteiger partial charge < -0.3 is 33.5 Å². The highest BCUT2D eigenvalue weighted by atomic mass is 35.5. The lowest BCUT2D eigenvalue weighted by molar-refractivity contribution is -0.296. The second-order valence-corrected chi connectivity index (χ2v) is 16.5. The van der Waals surface area contributed by atoms with Gasteiger partial charge in [0.2, 0.25) is 0 Å². The molecule has 1 aromatic rings. The van der Waals surface area contributed by atoms with Gasteiger partial charge in [0.25, 0.3) is 0 Å². The van der Waals surface area contributed by atoms with Crippen LogP contribution in [0, 0.1) is 23.7 Å². The lowest BCUT2D eigenvalue weighted by Gasteiger charge is -2.46. The fraction of sp³-hybridized carbons (Fsp3) is 0.789. The summed E-state index contributed by atoms with van der Waals surface area (Å²) in [5.74, 6) is -3.93. The number of ketones is 1. The summed E-state index contributed by atoms with van der Waals surface area (Å²) in [6, 6.07) is 7.38. The molecule has 0 saturated carbocycles. The Labute approximate surface area is 297 Å². The van der Waals surface area contributed by atoms with E-state index in [1.807, 2.05) is 79.8 Å². The van der Waals surface area contributed by atoms with Gasteiger partial charge >= 0.3 is 5.97 Å². The van der Waals surface area contributed by atoms with Crippen LogP contribution >= 0.6 is 11.6 Å². The normalized spacial score (nSPS) is 44.5. The van der Waals surface area contributed by atoms with Gasteiger partial charge in [-0.05, 0) is 91.5 Å². The highest BCUT2D eigenvalue weighted by Crippen LogP contribution is 2.50. The number of carbonyl (C=O) groups is 2. The molecule has 4 fully saturated rings. The summed E-state index contributed by atoms with van der Waals surface area (Å²) in [6.07, 6.45) is -2.66. The molecule has 14 atom stereocenters. The van der Waals surface area contributed by atoms with Crippen LogP contribution in [0.15, 0.2) is 24.3 Å². The molecule has 0 aliphatic carbocycles. The largest absolute Gasteiger partial charge is 0.458 e. The second kappa shape index (κ2) is 14.4. The van der Waals surface area contributed by atoms with Gasteiger partial charge in [-0.3, -0.25) is 14.5 Å². The van der Waals surface area contributed by atoms with Gasteiger partial charge in [-0.2, -0.15) is 0 Å². The first-order valence-electron chi connectivity index (χ1n) is 18.0. The smallest absolute Gasteiger partial charge is 0.316 e. The zero-order chi connectivity index (χ0) is 36.2. The number of benzene rings is 1. The molecule has 4 aliphatic heterocycles. The van der Waals surface area contributed by atoms with Crippen molar-refractivity contribution in [2.75, 3.05) is 7.05 Å². The maximum atomic E-state index is 14.2. The summed E-state index contributed by atoms with van der Waals surface area (Å²) in [6.45, 7) is 19.7. The molecule has 5 unspecified atom stereocenters. The van der Waals surface area contributed by atoms with Gasteiger partial charge in [-0.25, -0.2) is 0 Å². The molecular weight excluding hydrogens is 650 g/mol. The summed E-state index contributed by atoms with van der Waals surface area (Å²) in [4.78, 5) is 30.1. The van der Waals surface area contributed by atoms with Crippen molar-refractivity contribution in [2.45, 2.75) is 161 Å². The van der Waals surface area contributed by atoms with E-state index in [0.717, 1.165) is 5.56 Å². The van der Waals surface area contributed by atoms with Crippen molar-refractivity contribution in [2.24, 2.45) is 23.7 Å². The molecule has 1 N–H and O–H groups in total. The number of cyclic esters (lactones) is 1. The van der Waals surface area contributed by atoms with E-state index in [9.17, 15) is 14.7 Å². The Morgan fingerprint density at radius 1 is 1.02 bits per heavy atom. The molecule has 2 bridgehead atoms. The molecule has 11 heteroatoms. The van der Waals surface area contributed by atoms with Crippen LogP contribution in [0.4, 0.5) is 0 Å². The van der Waals surface area contributed by atoms with Crippen molar-refractivity contribution in [1.29, 1.82) is 0 Å². The molecular formula is C38H58ClNO9. The first-order valence-corrected chi connectivity index (χ1v) is 18.4. The summed E-state index contributed by atoms with van der Waals surface area (Å²) in [7, 11) is 1.97. The Hall–Kier alpha value is -1.63. The van der Waals surface area contributed by atoms with Crippen LogP contribution in [0.2, 0.25) is 5.02 Å². The van der Waals surface area contributed by atoms with Crippen molar-refractivity contribution < 1.29 is 43.1 Å². The quantitative estimate of drug-likeness (QED) is 0.270. The number of ether oxygens (including phenoxy) is 6. The van der Waals surface area contributed by atoms with Crippen molar-refractivity contribution >= 4 is 23.4 Å². The zero-order valence-electron chi connectivity index (χ0n) is 31.1. The molecule has 49 heavy (non-hydrogen) atoms. The first-order chi connectivity index (χ1) is 22.8. The SMILES string of the molecule is CC[C@H]1OC(C)(C)O[C@@]1(C)[C@@H]1OC(=O)[C@H](C)C(=O)[C@H](C)[C@@H](O[C@@H]2OC(C)CC(N(C)Cc3ccc(Cl)cc3)C2O)[C@]2(C)CC(C)C(O2)[C@@H]1C. The highest BCUT2D eigenvalue weighted by Gasteiger charge is 2.61. The number of esters is 1. The Balaban J connectivity index is 1.45. The lowest BCUT2D eigenvalue weighted by atomic mass is 9.76. The summed E-state index contributed by atoms with van der Waals surface area (Å²) < 4.78 is 39.2. The molecule has 0 radical (unpaired) electrons. The van der Waals surface area contributed by atoms with Crippen molar-refractivity contribution in [3.8, 4) is 0 Å². The van der Waals surface area contributed by atoms with E-state index in [1.165, 1.54) is 0 Å². The van der Waals surface area contributed by atoms with E-state index in [-0.39, 0.29) is 42.0 Å². The fourth-order valence-electron chi connectivity index (χ4n) is 9.16. The number of fused-ring (bicyclic) bond motifs is 2. The summed E-state index contributed by atoms with van der Waals surface area (Å²) in [5, 5.41) is 12.4. The number of halogens is 1. The number of carbonyl (C=O) groups excluding carboxylic acids is 2. The van der Waals surface area contributed by atoms with Crippen LogP contribution < -0.4 is 0 Å². The minimum atomic E-state index is -1.07. The maximum Gasteiger partial charge on any atom is 0.316 e. The average molecular weight is 708 g/mol. The monoisotopic (exact) mass is 707 g/mol. The summed E-state index contributed by atoms with van der Waals surface area (Å²) >= 11 is 6.10. The van der Waals surface area contributed by atoms with E-state index >= 15 is 0 Å². The van der Waals surface area contributed by atoms with Crippen LogP contribution in [0.25, 0.3) is 0 Å². The second-order valence-electron chi connectivity index (χ2n) is 16.1. The van der Waals surface area contributed by atoms with Crippen molar-refractivity contribution in [3.63, 3.8) is 0 Å². The Bertz CT molecular complexity index is 1340. The molecule has 0 amide bonds. The Morgan fingerprint density at radius 3 is 2.31 bits per heavy atom. The lowest BCUT2D eigenvalue weighted by Crippen LogP contribution is -2.58. The molecule has 4 saturated heterocycles. The van der Waals surface area contributed by atoms with E-state index in [4.69, 9.17) is 40.0 Å². The predicted molar refractivity (Wildman–Crippen MR) is 185 cm³/mol. The van der Waals surface area contributed by atoms with E-state index in [0.29, 0.717) is 30.8 Å². The standard InChI is InChI=1S/C38H58ClNO9/c1-12-28-38(10,49-36(7,8)47-28)33-24(6)31-20(2)18-37(9,48-31)32(22(4)29(41)23(5)34(43)45-33)46-35-30(42)27(17-21(3)44-35)40(11)19-25-13-15-26(39)16-14-25/h13-16,20-24,27-28,30-33,35,42H,12,17-19H2,1-11H3/t20?,21?,22-,23+,24-,27?,28+,30?,31?,32+,33+,35-,37-,38+/m0/s1. The number of Topliss-reactive ketones (excluding diaryl/α,β-unsaturated/α-hetero) is 1. The molecule has 10 nitrogen and oxygen atoms in total. The summed E-state index contributed by atoms with van der Waals surface area (Å²) in [5.41, 5.74) is -0.843. The van der Waals surface area contributed by atoms with Crippen molar-refractivity contribution in [1.82, 2.24) is 4.90 Å². The average Bonchev–Trinajstić information content (AvgIpc) is 3.48. The molecule has 0 spiro atoms. The van der Waals surface area contributed by atoms with Gasteiger partial charge in [0, 0.05) is 29.4 Å². The topological polar surface area (TPSA) is 113 Å². The molecule has 0 aromatic heterocycles. The fourth-order valence-corrected chi connectivity index (χ4v) is 9.29. The first kappa shape index (κ1) is 38.6. The maximum absolute atomic E-state index is 14.2. The molecule has 4 heterocycles. The Kier molecular flexibility index (Phi) is 11.4. The number of rotatable bonds is 7. The van der Waals surface area contributed by atoms with Crippen LogP contribution in [0.3, 0.4) is 0 Å². The van der Waals surface area contributed by atoms with Gasteiger partial charge in [-0.1, -0.05) is 51.4 Å². The number of hydrogen-bond donors (Lipinski definition) is 1. The number of aliphatic hydroxyl groups excluding tert-OH is 1. The van der Waals surface area contributed by atoms with Crippen LogP contribution in [0.1, 0.15) is 94.1 Å². The van der Waals surface area contributed by atoms with Crippen LogP contribution in [0.5, 0.6) is 0 Å². The number of hydrogen-bond acceptors (Lipinski definition) is 10. The number of nitrogens with zero attached hydrogens (tertiary/aromatic N) is 1. The van der Waals surface area contributed by atoms with E-state index in [1.54, 1.807) is 13.8 Å². The molecule has 4 aliphatic rings. The number of aliphatic hydroxyl groups is 1.